The minimum absolute atomic E-state index is 0.531. The van der Waals surface area contributed by atoms with E-state index in [-0.39, 0.29) is 0 Å². The van der Waals surface area contributed by atoms with Gasteiger partial charge in [-0.1, -0.05) is 19.1 Å². The summed E-state index contributed by atoms with van der Waals surface area (Å²) in [5.74, 6) is 0.821. The van der Waals surface area contributed by atoms with Crippen LogP contribution in [0.2, 0.25) is 0 Å². The Balaban J connectivity index is 2.12. The SMILES string of the molecule is CCC(c1c(C)c(C)cc2c1ncn2Cc1ccc(OC)cc1)S(C)(=O)=O. The van der Waals surface area contributed by atoms with Crippen molar-refractivity contribution in [1.29, 1.82) is 0 Å². The zero-order valence-corrected chi connectivity index (χ0v) is 17.3. The smallest absolute Gasteiger partial charge is 0.154 e. The van der Waals surface area contributed by atoms with Gasteiger partial charge in [0.15, 0.2) is 9.84 Å². The predicted octanol–water partition coefficient (Wildman–Crippen LogP) is 4.21. The van der Waals surface area contributed by atoms with Crippen LogP contribution in [0.5, 0.6) is 5.75 Å². The van der Waals surface area contributed by atoms with Crippen molar-refractivity contribution in [1.82, 2.24) is 9.55 Å². The molecule has 1 aromatic heterocycles. The van der Waals surface area contributed by atoms with E-state index >= 15 is 0 Å². The average Bonchev–Trinajstić information content (AvgIpc) is 3.00. The first-order valence-electron chi connectivity index (χ1n) is 9.03. The molecular formula is C21H26N2O3S. The number of rotatable bonds is 6. The van der Waals surface area contributed by atoms with Gasteiger partial charge in [0.25, 0.3) is 0 Å². The van der Waals surface area contributed by atoms with Crippen molar-refractivity contribution in [2.24, 2.45) is 0 Å². The van der Waals surface area contributed by atoms with Gasteiger partial charge in [0.05, 0.1) is 29.7 Å². The van der Waals surface area contributed by atoms with Crippen LogP contribution in [-0.4, -0.2) is 31.3 Å². The molecule has 5 nitrogen and oxygen atoms in total. The summed E-state index contributed by atoms with van der Waals surface area (Å²) in [6.45, 7) is 6.59. The first-order chi connectivity index (χ1) is 12.8. The molecule has 3 rings (SSSR count). The van der Waals surface area contributed by atoms with Gasteiger partial charge in [-0.05, 0) is 55.2 Å². The highest BCUT2D eigenvalue weighted by Gasteiger charge is 2.27. The van der Waals surface area contributed by atoms with Gasteiger partial charge in [0.2, 0.25) is 0 Å². The highest BCUT2D eigenvalue weighted by molar-refractivity contribution is 7.90. The molecule has 0 saturated carbocycles. The summed E-state index contributed by atoms with van der Waals surface area (Å²) in [5, 5.41) is -0.538. The number of fused-ring (bicyclic) bond motifs is 1. The minimum Gasteiger partial charge on any atom is -0.497 e. The quantitative estimate of drug-likeness (QED) is 0.637. The molecule has 0 aliphatic heterocycles. The molecule has 2 aromatic carbocycles. The normalized spacial score (nSPS) is 13.1. The third kappa shape index (κ3) is 3.72. The van der Waals surface area contributed by atoms with Crippen molar-refractivity contribution in [2.45, 2.75) is 39.0 Å². The topological polar surface area (TPSA) is 61.2 Å². The molecule has 6 heteroatoms. The Morgan fingerprint density at radius 2 is 1.85 bits per heavy atom. The lowest BCUT2D eigenvalue weighted by Crippen LogP contribution is -2.13. The van der Waals surface area contributed by atoms with E-state index in [1.807, 2.05) is 45.0 Å². The number of benzene rings is 2. The third-order valence-electron chi connectivity index (χ3n) is 5.20. The molecule has 1 unspecified atom stereocenters. The van der Waals surface area contributed by atoms with Crippen LogP contribution in [0.4, 0.5) is 0 Å². The highest BCUT2D eigenvalue weighted by atomic mass is 32.2. The Bertz CT molecular complexity index is 1070. The maximum Gasteiger partial charge on any atom is 0.154 e. The Morgan fingerprint density at radius 3 is 2.41 bits per heavy atom. The maximum atomic E-state index is 12.4. The second-order valence-electron chi connectivity index (χ2n) is 7.05. The van der Waals surface area contributed by atoms with Crippen LogP contribution in [0.25, 0.3) is 11.0 Å². The Hall–Kier alpha value is -2.34. The molecule has 1 heterocycles. The summed E-state index contributed by atoms with van der Waals surface area (Å²) in [6, 6.07) is 10.0. The van der Waals surface area contributed by atoms with Crippen molar-refractivity contribution in [3.8, 4) is 5.75 Å². The summed E-state index contributed by atoms with van der Waals surface area (Å²) in [4.78, 5) is 4.61. The van der Waals surface area contributed by atoms with Gasteiger partial charge < -0.3 is 9.30 Å². The first kappa shape index (κ1) is 19.4. The number of imidazole rings is 1. The van der Waals surface area contributed by atoms with Crippen LogP contribution in [0.15, 0.2) is 36.7 Å². The summed E-state index contributed by atoms with van der Waals surface area (Å²) in [5.41, 5.74) is 5.80. The molecule has 0 N–H and O–H groups in total. The van der Waals surface area contributed by atoms with Crippen molar-refractivity contribution >= 4 is 20.9 Å². The number of hydrogen-bond acceptors (Lipinski definition) is 4. The second kappa shape index (κ2) is 7.35. The fraction of sp³-hybridized carbons (Fsp3) is 0.381. The summed E-state index contributed by atoms with van der Waals surface area (Å²) in [7, 11) is -1.57. The van der Waals surface area contributed by atoms with E-state index in [9.17, 15) is 8.42 Å². The van der Waals surface area contributed by atoms with E-state index in [1.165, 1.54) is 6.26 Å². The highest BCUT2D eigenvalue weighted by Crippen LogP contribution is 2.35. The summed E-state index contributed by atoms with van der Waals surface area (Å²) in [6.07, 6.45) is 3.64. The lowest BCUT2D eigenvalue weighted by atomic mass is 9.97. The molecular weight excluding hydrogens is 360 g/mol. The van der Waals surface area contributed by atoms with Crippen LogP contribution in [0, 0.1) is 13.8 Å². The van der Waals surface area contributed by atoms with Gasteiger partial charge >= 0.3 is 0 Å². The van der Waals surface area contributed by atoms with Gasteiger partial charge in [-0.3, -0.25) is 0 Å². The van der Waals surface area contributed by atoms with Crippen LogP contribution >= 0.6 is 0 Å². The van der Waals surface area contributed by atoms with Crippen LogP contribution < -0.4 is 4.74 Å². The predicted molar refractivity (Wildman–Crippen MR) is 109 cm³/mol. The van der Waals surface area contributed by atoms with Crippen molar-refractivity contribution < 1.29 is 13.2 Å². The van der Waals surface area contributed by atoms with E-state index in [0.717, 1.165) is 39.0 Å². The molecule has 0 fully saturated rings. The minimum atomic E-state index is -3.22. The number of hydrogen-bond donors (Lipinski definition) is 0. The van der Waals surface area contributed by atoms with Gasteiger partial charge in [0, 0.05) is 18.4 Å². The van der Waals surface area contributed by atoms with Crippen LogP contribution in [0.1, 0.15) is 40.8 Å². The van der Waals surface area contributed by atoms with Crippen molar-refractivity contribution in [2.75, 3.05) is 13.4 Å². The van der Waals surface area contributed by atoms with E-state index in [0.29, 0.717) is 13.0 Å². The van der Waals surface area contributed by atoms with E-state index in [4.69, 9.17) is 4.74 Å². The van der Waals surface area contributed by atoms with Crippen LogP contribution in [-0.2, 0) is 16.4 Å². The third-order valence-corrected chi connectivity index (χ3v) is 6.81. The fourth-order valence-electron chi connectivity index (χ4n) is 3.62. The molecule has 27 heavy (non-hydrogen) atoms. The summed E-state index contributed by atoms with van der Waals surface area (Å²) < 4.78 is 32.0. The summed E-state index contributed by atoms with van der Waals surface area (Å²) >= 11 is 0. The largest absolute Gasteiger partial charge is 0.497 e. The van der Waals surface area contributed by atoms with Crippen molar-refractivity contribution in [3.05, 3.63) is 58.9 Å². The Kier molecular flexibility index (Phi) is 5.29. The molecule has 0 amide bonds. The van der Waals surface area contributed by atoms with E-state index < -0.39 is 15.1 Å². The molecule has 144 valence electrons. The average molecular weight is 387 g/mol. The van der Waals surface area contributed by atoms with Crippen molar-refractivity contribution in [3.63, 3.8) is 0 Å². The lowest BCUT2D eigenvalue weighted by Gasteiger charge is -2.19. The number of aromatic nitrogens is 2. The second-order valence-corrected chi connectivity index (χ2v) is 9.27. The number of nitrogens with zero attached hydrogens (tertiary/aromatic N) is 2. The maximum absolute atomic E-state index is 12.4. The van der Waals surface area contributed by atoms with Gasteiger partial charge in [-0.15, -0.1) is 0 Å². The number of methoxy groups -OCH3 is 1. The molecule has 1 atom stereocenters. The molecule has 0 spiro atoms. The van der Waals surface area contributed by atoms with Gasteiger partial charge in [-0.25, -0.2) is 13.4 Å². The first-order valence-corrected chi connectivity index (χ1v) is 11.0. The molecule has 0 radical (unpaired) electrons. The van der Waals surface area contributed by atoms with Gasteiger partial charge in [-0.2, -0.15) is 0 Å². The molecule has 0 bridgehead atoms. The standard InChI is InChI=1S/C21H26N2O3S/c1-6-19(27(5,24)25)20-15(3)14(2)11-18-21(20)22-13-23(18)12-16-7-9-17(26-4)10-8-16/h7-11,13,19H,6,12H2,1-5H3. The lowest BCUT2D eigenvalue weighted by molar-refractivity contribution is 0.414. The van der Waals surface area contributed by atoms with Gasteiger partial charge in [0.1, 0.15) is 5.75 Å². The van der Waals surface area contributed by atoms with Crippen LogP contribution in [0.3, 0.4) is 0 Å². The fourth-order valence-corrected chi connectivity index (χ4v) is 4.94. The number of aryl methyl sites for hydroxylation is 1. The molecule has 3 aromatic rings. The Labute approximate surface area is 160 Å². The number of sulfone groups is 1. The molecule has 0 aliphatic carbocycles. The zero-order chi connectivity index (χ0) is 19.8. The zero-order valence-electron chi connectivity index (χ0n) is 16.5. The molecule has 0 aliphatic rings. The van der Waals surface area contributed by atoms with E-state index in [2.05, 4.69) is 15.6 Å². The number of ether oxygens (including phenoxy) is 1. The molecule has 0 saturated heterocycles. The monoisotopic (exact) mass is 386 g/mol. The Morgan fingerprint density at radius 1 is 1.19 bits per heavy atom. The van der Waals surface area contributed by atoms with E-state index in [1.54, 1.807) is 13.4 Å².